The summed E-state index contributed by atoms with van der Waals surface area (Å²) < 4.78 is 0. The Bertz CT molecular complexity index is 874. The molecule has 2 aliphatic rings. The maximum Gasteiger partial charge on any atom is 0.254 e. The number of nitrogens with zero attached hydrogens (tertiary/aromatic N) is 2. The average Bonchev–Trinajstić information content (AvgIpc) is 3.46. The third-order valence-electron chi connectivity index (χ3n) is 5.62. The van der Waals surface area contributed by atoms with Crippen molar-refractivity contribution in [1.82, 2.24) is 15.2 Å². The third-order valence-corrected chi connectivity index (χ3v) is 6.97. The van der Waals surface area contributed by atoms with Crippen molar-refractivity contribution in [2.24, 2.45) is 0 Å². The molecule has 1 saturated heterocycles. The fraction of sp³-hybridized carbons (Fsp3) is 0.435. The van der Waals surface area contributed by atoms with E-state index in [9.17, 15) is 9.59 Å². The Hall–Kier alpha value is -2.34. The Morgan fingerprint density at radius 2 is 1.86 bits per heavy atom. The summed E-state index contributed by atoms with van der Waals surface area (Å²) in [5, 5.41) is 4.37. The van der Waals surface area contributed by atoms with Gasteiger partial charge in [0.1, 0.15) is 5.03 Å². The third kappa shape index (κ3) is 4.99. The number of hydrogen-bond acceptors (Lipinski definition) is 4. The number of carbonyl (C=O) groups excluding carboxylic acids is 2. The highest BCUT2D eigenvalue weighted by atomic mass is 32.2. The minimum atomic E-state index is -0.116. The van der Waals surface area contributed by atoms with Crippen LogP contribution >= 0.6 is 11.8 Å². The summed E-state index contributed by atoms with van der Waals surface area (Å²) >= 11 is 1.73. The summed E-state index contributed by atoms with van der Waals surface area (Å²) in [5.74, 6) is -0.0342. The molecule has 1 aromatic carbocycles. The van der Waals surface area contributed by atoms with Gasteiger partial charge >= 0.3 is 0 Å². The number of carbonyl (C=O) groups is 2. The Morgan fingerprint density at radius 3 is 2.66 bits per heavy atom. The van der Waals surface area contributed by atoms with E-state index in [1.807, 2.05) is 41.3 Å². The number of nitrogens with one attached hydrogen (secondary N) is 1. The molecule has 1 aliphatic heterocycles. The van der Waals surface area contributed by atoms with Gasteiger partial charge in [0.15, 0.2) is 0 Å². The van der Waals surface area contributed by atoms with Crippen LogP contribution in [0, 0.1) is 0 Å². The fourth-order valence-electron chi connectivity index (χ4n) is 4.02. The van der Waals surface area contributed by atoms with Crippen molar-refractivity contribution >= 4 is 23.6 Å². The molecule has 1 saturated carbocycles. The van der Waals surface area contributed by atoms with Crippen LogP contribution in [0.25, 0.3) is 0 Å². The second kappa shape index (κ2) is 9.44. The van der Waals surface area contributed by atoms with Crippen LogP contribution < -0.4 is 5.32 Å². The quantitative estimate of drug-likeness (QED) is 0.773. The molecular formula is C23H27N3O2S. The minimum absolute atomic E-state index is 0.0817. The molecule has 0 bridgehead atoms. The highest BCUT2D eigenvalue weighted by Crippen LogP contribution is 2.35. The van der Waals surface area contributed by atoms with E-state index in [0.717, 1.165) is 36.5 Å². The highest BCUT2D eigenvalue weighted by molar-refractivity contribution is 7.99. The number of hydrogen-bond donors (Lipinski definition) is 1. The van der Waals surface area contributed by atoms with Crippen LogP contribution in [0.3, 0.4) is 0 Å². The zero-order valence-corrected chi connectivity index (χ0v) is 17.4. The Labute approximate surface area is 176 Å². The van der Waals surface area contributed by atoms with Crippen LogP contribution in [-0.4, -0.2) is 40.0 Å². The number of likely N-dealkylation sites (tertiary alicyclic amines) is 1. The summed E-state index contributed by atoms with van der Waals surface area (Å²) in [6.07, 6.45) is 8.82. The van der Waals surface area contributed by atoms with E-state index in [1.54, 1.807) is 18.0 Å². The van der Waals surface area contributed by atoms with Gasteiger partial charge in [-0.2, -0.15) is 0 Å². The number of thioether (sulfide) groups is 1. The van der Waals surface area contributed by atoms with Crippen LogP contribution in [-0.2, 0) is 6.54 Å². The van der Waals surface area contributed by atoms with E-state index in [4.69, 9.17) is 0 Å². The van der Waals surface area contributed by atoms with Gasteiger partial charge < -0.3 is 10.2 Å². The molecule has 0 atom stereocenters. The van der Waals surface area contributed by atoms with Crippen molar-refractivity contribution in [3.05, 3.63) is 59.3 Å². The average molecular weight is 410 g/mol. The first-order chi connectivity index (χ1) is 14.2. The molecule has 0 spiro atoms. The second-order valence-electron chi connectivity index (χ2n) is 7.76. The van der Waals surface area contributed by atoms with Gasteiger partial charge in [-0.05, 0) is 55.5 Å². The topological polar surface area (TPSA) is 62.3 Å². The molecule has 0 unspecified atom stereocenters. The highest BCUT2D eigenvalue weighted by Gasteiger charge is 2.21. The largest absolute Gasteiger partial charge is 0.348 e. The lowest BCUT2D eigenvalue weighted by Gasteiger charge is -2.16. The molecule has 2 heterocycles. The molecule has 29 heavy (non-hydrogen) atoms. The second-order valence-corrected chi connectivity index (χ2v) is 9.05. The van der Waals surface area contributed by atoms with E-state index >= 15 is 0 Å². The molecule has 4 rings (SSSR count). The summed E-state index contributed by atoms with van der Waals surface area (Å²) in [7, 11) is 0. The van der Waals surface area contributed by atoms with Crippen molar-refractivity contribution in [3.8, 4) is 0 Å². The van der Waals surface area contributed by atoms with Crippen LogP contribution in [0.1, 0.15) is 64.8 Å². The number of aromatic nitrogens is 1. The zero-order valence-electron chi connectivity index (χ0n) is 16.6. The maximum atomic E-state index is 12.8. The standard InChI is InChI=1S/C23H27N3O2S/c27-21(20-11-6-12-24-22(20)29-19-9-1-2-10-19)25-16-17-7-5-8-18(15-17)23(28)26-13-3-4-14-26/h5-8,11-12,15,19H,1-4,9-10,13-14,16H2,(H,25,27). The van der Waals surface area contributed by atoms with Gasteiger partial charge in [0.2, 0.25) is 0 Å². The smallest absolute Gasteiger partial charge is 0.254 e. The van der Waals surface area contributed by atoms with E-state index in [-0.39, 0.29) is 11.8 Å². The summed E-state index contributed by atoms with van der Waals surface area (Å²) in [4.78, 5) is 31.8. The minimum Gasteiger partial charge on any atom is -0.348 e. The van der Waals surface area contributed by atoms with Gasteiger partial charge in [0, 0.05) is 36.6 Å². The van der Waals surface area contributed by atoms with Crippen LogP contribution in [0.2, 0.25) is 0 Å². The first kappa shape index (κ1) is 20.0. The van der Waals surface area contributed by atoms with Crippen molar-refractivity contribution < 1.29 is 9.59 Å². The molecule has 6 heteroatoms. The lowest BCUT2D eigenvalue weighted by molar-refractivity contribution is 0.0792. The monoisotopic (exact) mass is 409 g/mol. The molecular weight excluding hydrogens is 382 g/mol. The van der Waals surface area contributed by atoms with Gasteiger partial charge in [0.05, 0.1) is 5.56 Å². The van der Waals surface area contributed by atoms with Crippen molar-refractivity contribution in [1.29, 1.82) is 0 Å². The predicted octanol–water partition coefficient (Wildman–Crippen LogP) is 4.28. The van der Waals surface area contributed by atoms with Gasteiger partial charge in [-0.3, -0.25) is 9.59 Å². The predicted molar refractivity (Wildman–Crippen MR) is 115 cm³/mol. The lowest BCUT2D eigenvalue weighted by atomic mass is 10.1. The van der Waals surface area contributed by atoms with Gasteiger partial charge in [-0.15, -0.1) is 11.8 Å². The molecule has 1 aliphatic carbocycles. The zero-order chi connectivity index (χ0) is 20.1. The first-order valence-electron chi connectivity index (χ1n) is 10.5. The van der Waals surface area contributed by atoms with Gasteiger partial charge in [0.25, 0.3) is 11.8 Å². The van der Waals surface area contributed by atoms with Gasteiger partial charge in [-0.1, -0.05) is 25.0 Å². The van der Waals surface area contributed by atoms with Crippen LogP contribution in [0.15, 0.2) is 47.6 Å². The molecule has 1 aromatic heterocycles. The Balaban J connectivity index is 1.40. The van der Waals surface area contributed by atoms with Crippen molar-refractivity contribution in [3.63, 3.8) is 0 Å². The van der Waals surface area contributed by atoms with Crippen LogP contribution in [0.4, 0.5) is 0 Å². The van der Waals surface area contributed by atoms with Crippen molar-refractivity contribution in [2.75, 3.05) is 13.1 Å². The van der Waals surface area contributed by atoms with E-state index in [1.165, 1.54) is 25.7 Å². The summed E-state index contributed by atoms with van der Waals surface area (Å²) in [6, 6.07) is 11.2. The molecule has 0 radical (unpaired) electrons. The lowest BCUT2D eigenvalue weighted by Crippen LogP contribution is -2.28. The number of amides is 2. The Morgan fingerprint density at radius 1 is 1.07 bits per heavy atom. The molecule has 2 fully saturated rings. The van der Waals surface area contributed by atoms with E-state index in [2.05, 4.69) is 10.3 Å². The van der Waals surface area contributed by atoms with E-state index in [0.29, 0.717) is 22.9 Å². The number of rotatable bonds is 6. The van der Waals surface area contributed by atoms with Crippen molar-refractivity contribution in [2.45, 2.75) is 55.3 Å². The summed E-state index contributed by atoms with van der Waals surface area (Å²) in [6.45, 7) is 2.06. The van der Waals surface area contributed by atoms with Crippen LogP contribution in [0.5, 0.6) is 0 Å². The normalized spacial score (nSPS) is 16.9. The number of pyridine rings is 1. The molecule has 2 amide bonds. The molecule has 2 aromatic rings. The Kier molecular flexibility index (Phi) is 6.49. The molecule has 152 valence electrons. The first-order valence-corrected chi connectivity index (χ1v) is 11.4. The SMILES string of the molecule is O=C(NCc1cccc(C(=O)N2CCCC2)c1)c1cccnc1SC1CCCC1. The molecule has 1 N–H and O–H groups in total. The van der Waals surface area contributed by atoms with Gasteiger partial charge in [-0.25, -0.2) is 4.98 Å². The summed E-state index contributed by atoms with van der Waals surface area (Å²) in [5.41, 5.74) is 2.25. The fourth-order valence-corrected chi connectivity index (χ4v) is 5.31. The maximum absolute atomic E-state index is 12.8. The molecule has 5 nitrogen and oxygen atoms in total. The van der Waals surface area contributed by atoms with E-state index < -0.39 is 0 Å². The number of benzene rings is 1.